The van der Waals surface area contributed by atoms with Gasteiger partial charge in [0.2, 0.25) is 0 Å². The topological polar surface area (TPSA) is 34.1 Å². The van der Waals surface area contributed by atoms with Crippen molar-refractivity contribution < 1.29 is 4.74 Å². The van der Waals surface area contributed by atoms with E-state index < -0.39 is 0 Å². The van der Waals surface area contributed by atoms with E-state index in [2.05, 4.69) is 49.8 Å². The highest BCUT2D eigenvalue weighted by molar-refractivity contribution is 9.10. The summed E-state index contributed by atoms with van der Waals surface area (Å²) >= 11 is 7.65. The lowest BCUT2D eigenvalue weighted by Gasteiger charge is -2.21. The predicted octanol–water partition coefficient (Wildman–Crippen LogP) is 2.79. The van der Waals surface area contributed by atoms with Crippen LogP contribution in [-0.4, -0.2) is 41.1 Å². The van der Waals surface area contributed by atoms with Crippen LogP contribution in [0.25, 0.3) is 0 Å². The first-order valence-electron chi connectivity index (χ1n) is 5.87. The van der Waals surface area contributed by atoms with Crippen molar-refractivity contribution >= 4 is 39.5 Å². The smallest absolute Gasteiger partial charge is 0.142 e. The number of hydrogen-bond donors (Lipinski definition) is 1. The van der Waals surface area contributed by atoms with Gasteiger partial charge in [-0.25, -0.2) is 0 Å². The number of thioether (sulfide) groups is 2. The number of aromatic nitrogens is 1. The molecule has 1 fully saturated rings. The highest BCUT2D eigenvalue weighted by atomic mass is 79.9. The van der Waals surface area contributed by atoms with Crippen molar-refractivity contribution in [3.8, 4) is 5.75 Å². The van der Waals surface area contributed by atoms with E-state index in [9.17, 15) is 0 Å². The summed E-state index contributed by atoms with van der Waals surface area (Å²) < 4.78 is 6.33. The zero-order valence-corrected chi connectivity index (χ0v) is 13.5. The Morgan fingerprint density at radius 1 is 1.50 bits per heavy atom. The van der Waals surface area contributed by atoms with Crippen molar-refractivity contribution in [1.29, 1.82) is 0 Å². The fourth-order valence-corrected chi connectivity index (χ4v) is 4.90. The van der Waals surface area contributed by atoms with E-state index in [1.807, 2.05) is 6.20 Å². The van der Waals surface area contributed by atoms with Gasteiger partial charge in [0.1, 0.15) is 5.75 Å². The van der Waals surface area contributed by atoms with Crippen LogP contribution in [0.3, 0.4) is 0 Å². The Balaban J connectivity index is 1.85. The van der Waals surface area contributed by atoms with Crippen molar-refractivity contribution in [3.63, 3.8) is 0 Å². The van der Waals surface area contributed by atoms with Gasteiger partial charge in [-0.05, 0) is 15.9 Å². The Morgan fingerprint density at radius 2 is 2.39 bits per heavy atom. The van der Waals surface area contributed by atoms with Crippen LogP contribution in [0.4, 0.5) is 0 Å². The van der Waals surface area contributed by atoms with E-state index in [-0.39, 0.29) is 0 Å². The van der Waals surface area contributed by atoms with E-state index >= 15 is 0 Å². The lowest BCUT2D eigenvalue weighted by molar-refractivity contribution is 0.405. The van der Waals surface area contributed by atoms with E-state index in [0.29, 0.717) is 0 Å². The van der Waals surface area contributed by atoms with Crippen LogP contribution >= 0.6 is 39.5 Å². The van der Waals surface area contributed by atoms with Crippen molar-refractivity contribution in [3.05, 3.63) is 22.4 Å². The minimum absolute atomic E-state index is 0.732. The Bertz CT molecular complexity index is 386. The van der Waals surface area contributed by atoms with Crippen LogP contribution in [-0.2, 0) is 6.54 Å². The molecular formula is C12H17BrN2OS2. The molecule has 2 heterocycles. The van der Waals surface area contributed by atoms with Gasteiger partial charge in [0, 0.05) is 51.8 Å². The molecule has 100 valence electrons. The molecule has 1 aliphatic heterocycles. The summed E-state index contributed by atoms with van der Waals surface area (Å²) in [5, 5.41) is 4.25. The monoisotopic (exact) mass is 348 g/mol. The fourth-order valence-electron chi connectivity index (χ4n) is 1.80. The number of nitrogens with zero attached hydrogens (tertiary/aromatic N) is 1. The number of nitrogens with one attached hydrogen (secondary N) is 1. The summed E-state index contributed by atoms with van der Waals surface area (Å²) in [5.41, 5.74) is 1.14. The van der Waals surface area contributed by atoms with E-state index in [4.69, 9.17) is 4.74 Å². The van der Waals surface area contributed by atoms with Crippen LogP contribution in [0.2, 0.25) is 0 Å². The lowest BCUT2D eigenvalue weighted by Crippen LogP contribution is -2.28. The summed E-state index contributed by atoms with van der Waals surface area (Å²) in [7, 11) is 1.68. The summed E-state index contributed by atoms with van der Waals surface area (Å²) in [6, 6.07) is 0. The van der Waals surface area contributed by atoms with Crippen molar-refractivity contribution in [1.82, 2.24) is 10.3 Å². The molecule has 18 heavy (non-hydrogen) atoms. The normalized spacial score (nSPS) is 19.8. The van der Waals surface area contributed by atoms with Crippen LogP contribution in [0, 0.1) is 0 Å². The predicted molar refractivity (Wildman–Crippen MR) is 83.8 cm³/mol. The third kappa shape index (κ3) is 4.05. The second-order valence-electron chi connectivity index (χ2n) is 4.00. The van der Waals surface area contributed by atoms with Gasteiger partial charge >= 0.3 is 0 Å². The van der Waals surface area contributed by atoms with Crippen LogP contribution in [0.15, 0.2) is 16.9 Å². The van der Waals surface area contributed by atoms with Gasteiger partial charge in [0.25, 0.3) is 0 Å². The molecule has 0 radical (unpaired) electrons. The Labute approximate surface area is 125 Å². The average molecular weight is 349 g/mol. The molecule has 0 aromatic carbocycles. The Morgan fingerprint density at radius 3 is 3.11 bits per heavy atom. The second kappa shape index (κ2) is 7.62. The number of hydrogen-bond acceptors (Lipinski definition) is 5. The fraction of sp³-hybridized carbons (Fsp3) is 0.583. The molecule has 1 atom stereocenters. The van der Waals surface area contributed by atoms with Crippen molar-refractivity contribution in [2.75, 3.05) is 30.9 Å². The quantitative estimate of drug-likeness (QED) is 0.884. The maximum atomic E-state index is 5.33. The van der Waals surface area contributed by atoms with Gasteiger partial charge in [0.15, 0.2) is 0 Å². The molecule has 1 saturated heterocycles. The first kappa shape index (κ1) is 14.5. The van der Waals surface area contributed by atoms with Crippen LogP contribution in [0.1, 0.15) is 5.56 Å². The standard InChI is InChI=1S/C12H17BrN2OS2/c1-16-12-7-15-6-11(13)10(12)5-14-4-9-8-17-2-3-18-9/h6-7,9,14H,2-5,8H2,1H3. The highest BCUT2D eigenvalue weighted by Gasteiger charge is 2.14. The Hall–Kier alpha value is 0.0900. The minimum Gasteiger partial charge on any atom is -0.495 e. The molecule has 0 aliphatic carbocycles. The maximum absolute atomic E-state index is 5.33. The number of methoxy groups -OCH3 is 1. The molecule has 1 aliphatic rings. The van der Waals surface area contributed by atoms with Crippen LogP contribution < -0.4 is 10.1 Å². The summed E-state index contributed by atoms with van der Waals surface area (Å²) in [4.78, 5) is 4.11. The third-order valence-corrected chi connectivity index (χ3v) is 6.27. The highest BCUT2D eigenvalue weighted by Crippen LogP contribution is 2.26. The molecule has 0 bridgehead atoms. The molecule has 1 N–H and O–H groups in total. The van der Waals surface area contributed by atoms with E-state index in [0.717, 1.165) is 34.1 Å². The maximum Gasteiger partial charge on any atom is 0.142 e. The molecule has 2 rings (SSSR count). The van der Waals surface area contributed by atoms with Crippen molar-refractivity contribution in [2.24, 2.45) is 0 Å². The lowest BCUT2D eigenvalue weighted by atomic mass is 10.2. The summed E-state index contributed by atoms with van der Waals surface area (Å²) in [6.45, 7) is 1.86. The molecule has 0 amide bonds. The van der Waals surface area contributed by atoms with Gasteiger partial charge in [-0.1, -0.05) is 0 Å². The molecule has 3 nitrogen and oxygen atoms in total. The molecule has 0 saturated carbocycles. The Kier molecular flexibility index (Phi) is 6.14. The average Bonchev–Trinajstić information content (AvgIpc) is 2.41. The number of rotatable bonds is 5. The summed E-state index contributed by atoms with van der Waals surface area (Å²) in [5.74, 6) is 4.67. The van der Waals surface area contributed by atoms with E-state index in [1.165, 1.54) is 17.3 Å². The molecule has 6 heteroatoms. The number of ether oxygens (including phenoxy) is 1. The molecule has 1 aromatic heterocycles. The summed E-state index contributed by atoms with van der Waals surface area (Å²) in [6.07, 6.45) is 3.57. The van der Waals surface area contributed by atoms with Gasteiger partial charge in [-0.3, -0.25) is 4.98 Å². The third-order valence-electron chi connectivity index (χ3n) is 2.74. The second-order valence-corrected chi connectivity index (χ2v) is 7.41. The minimum atomic E-state index is 0.732. The zero-order chi connectivity index (χ0) is 12.8. The van der Waals surface area contributed by atoms with Gasteiger partial charge < -0.3 is 10.1 Å². The largest absolute Gasteiger partial charge is 0.495 e. The van der Waals surface area contributed by atoms with Crippen molar-refractivity contribution in [2.45, 2.75) is 11.8 Å². The molecule has 1 aromatic rings. The van der Waals surface area contributed by atoms with Crippen LogP contribution in [0.5, 0.6) is 5.75 Å². The first-order chi connectivity index (χ1) is 8.81. The van der Waals surface area contributed by atoms with Gasteiger partial charge in [0.05, 0.1) is 13.3 Å². The zero-order valence-electron chi connectivity index (χ0n) is 10.3. The molecular weight excluding hydrogens is 332 g/mol. The molecule has 1 unspecified atom stereocenters. The van der Waals surface area contributed by atoms with Gasteiger partial charge in [-0.2, -0.15) is 23.5 Å². The first-order valence-corrected chi connectivity index (χ1v) is 8.87. The SMILES string of the molecule is COc1cncc(Br)c1CNCC1CSCCS1. The molecule has 0 spiro atoms. The van der Waals surface area contributed by atoms with E-state index in [1.54, 1.807) is 13.3 Å². The van der Waals surface area contributed by atoms with Gasteiger partial charge in [-0.15, -0.1) is 0 Å². The number of halogens is 1. The number of pyridine rings is 1.